The molecule has 3 fully saturated rings. The van der Waals surface area contributed by atoms with Gasteiger partial charge < -0.3 is 19.4 Å². The number of hydrogen-bond donors (Lipinski definition) is 1. The lowest BCUT2D eigenvalue weighted by Gasteiger charge is -2.30. The first-order valence-electron chi connectivity index (χ1n) is 21.7. The van der Waals surface area contributed by atoms with Crippen molar-refractivity contribution in [1.82, 2.24) is 24.0 Å². The highest BCUT2D eigenvalue weighted by Crippen LogP contribution is 2.40. The molecule has 2 aromatic carbocycles. The molecule has 4 aromatic rings. The normalized spacial score (nSPS) is 19.8. The average molecular weight is 846 g/mol. The number of halogens is 4. The molecule has 2 aromatic heterocycles. The number of imidazole rings is 2. The number of sulfonamides is 1. The van der Waals surface area contributed by atoms with Crippen molar-refractivity contribution in [3.8, 4) is 0 Å². The Morgan fingerprint density at radius 3 is 1.64 bits per heavy atom. The van der Waals surface area contributed by atoms with Crippen LogP contribution in [0, 0.1) is 11.8 Å². The number of alkyl halides is 4. The Hall–Kier alpha value is -3.39. The zero-order chi connectivity index (χ0) is 43.0. The zero-order valence-electron chi connectivity index (χ0n) is 36.6. The zero-order valence-corrected chi connectivity index (χ0v) is 37.4. The summed E-state index contributed by atoms with van der Waals surface area (Å²) in [6, 6.07) is 11.8. The molecule has 0 amide bonds. The van der Waals surface area contributed by atoms with E-state index in [9.17, 15) is 26.0 Å². The van der Waals surface area contributed by atoms with Crippen LogP contribution < -0.4 is 9.62 Å². The summed E-state index contributed by atoms with van der Waals surface area (Å²) in [4.78, 5) is 12.0. The molecule has 59 heavy (non-hydrogen) atoms. The van der Waals surface area contributed by atoms with Crippen LogP contribution in [0.2, 0.25) is 0 Å². The molecule has 0 radical (unpaired) electrons. The maximum atomic E-state index is 13.7. The second kappa shape index (κ2) is 17.5. The van der Waals surface area contributed by atoms with Gasteiger partial charge in [-0.2, -0.15) is 0 Å². The second-order valence-corrected chi connectivity index (χ2v) is 21.6. The third-order valence-electron chi connectivity index (χ3n) is 12.6. The fourth-order valence-electron chi connectivity index (χ4n) is 8.92. The minimum Gasteiger partial charge on any atom is -0.388 e. The van der Waals surface area contributed by atoms with Gasteiger partial charge in [0.05, 0.1) is 33.5 Å². The molecule has 0 bridgehead atoms. The molecule has 3 heterocycles. The molecule has 2 saturated carbocycles. The number of likely N-dealkylation sites (tertiary alicyclic amines) is 1. The molecule has 1 N–H and O–H groups in total. The van der Waals surface area contributed by atoms with Gasteiger partial charge in [-0.05, 0) is 99.8 Å². The largest absolute Gasteiger partial charge is 0.388 e. The topological polar surface area (TPSA) is 88.3 Å². The molecule has 0 spiro atoms. The van der Waals surface area contributed by atoms with Gasteiger partial charge in [0, 0.05) is 75.9 Å². The Kier molecular flexibility index (Phi) is 13.4. The highest BCUT2D eigenvalue weighted by Gasteiger charge is 2.37. The molecule has 328 valence electrons. The lowest BCUT2D eigenvalue weighted by Crippen LogP contribution is -2.38. The molecule has 7 rings (SSSR count). The minimum absolute atomic E-state index is 0.0129. The van der Waals surface area contributed by atoms with Crippen LogP contribution >= 0.6 is 0 Å². The first-order valence-corrected chi connectivity index (χ1v) is 23.3. The summed E-state index contributed by atoms with van der Waals surface area (Å²) in [7, 11) is 0.0408. The quantitative estimate of drug-likeness (QED) is 0.160. The summed E-state index contributed by atoms with van der Waals surface area (Å²) in [5, 5.41) is 3.14. The smallest absolute Gasteiger partial charge is 0.248 e. The van der Waals surface area contributed by atoms with Crippen LogP contribution in [0.5, 0.6) is 0 Å². The molecule has 0 unspecified atom stereocenters. The summed E-state index contributed by atoms with van der Waals surface area (Å²) in [5.74, 6) is -2.50. The highest BCUT2D eigenvalue weighted by molar-refractivity contribution is 7.92. The van der Waals surface area contributed by atoms with Crippen LogP contribution in [-0.4, -0.2) is 83.7 Å². The Morgan fingerprint density at radius 1 is 0.729 bits per heavy atom. The van der Waals surface area contributed by atoms with Gasteiger partial charge in [-0.25, -0.2) is 35.9 Å². The number of rotatable bonds is 10. The van der Waals surface area contributed by atoms with Gasteiger partial charge in [-0.15, -0.1) is 0 Å². The first kappa shape index (κ1) is 45.1. The molecule has 0 atom stereocenters. The van der Waals surface area contributed by atoms with Gasteiger partial charge >= 0.3 is 0 Å². The molecule has 14 heteroatoms. The van der Waals surface area contributed by atoms with Crippen LogP contribution in [0.4, 0.5) is 28.9 Å². The van der Waals surface area contributed by atoms with E-state index in [2.05, 4.69) is 73.0 Å². The van der Waals surface area contributed by atoms with Crippen LogP contribution in [0.1, 0.15) is 124 Å². The van der Waals surface area contributed by atoms with Gasteiger partial charge in [0.1, 0.15) is 11.6 Å². The van der Waals surface area contributed by atoms with E-state index in [0.717, 1.165) is 71.9 Å². The van der Waals surface area contributed by atoms with Crippen molar-refractivity contribution in [2.75, 3.05) is 49.1 Å². The second-order valence-electron chi connectivity index (χ2n) is 19.5. The van der Waals surface area contributed by atoms with Gasteiger partial charge in [0.15, 0.2) is 0 Å². The number of piperidine rings is 1. The molecule has 3 aliphatic rings. The summed E-state index contributed by atoms with van der Waals surface area (Å²) < 4.78 is 86.2. The molecule has 9 nitrogen and oxygen atoms in total. The van der Waals surface area contributed by atoms with E-state index < -0.39 is 21.9 Å². The van der Waals surface area contributed by atoms with Crippen molar-refractivity contribution in [1.29, 1.82) is 0 Å². The molecule has 1 saturated heterocycles. The van der Waals surface area contributed by atoms with E-state index >= 15 is 0 Å². The lowest BCUT2D eigenvalue weighted by atomic mass is 9.86. The van der Waals surface area contributed by atoms with Crippen LogP contribution in [0.15, 0.2) is 36.4 Å². The maximum Gasteiger partial charge on any atom is 0.248 e. The number of nitrogens with one attached hydrogen (secondary N) is 1. The fraction of sp³-hybridized carbons (Fsp3) is 0.689. The monoisotopic (exact) mass is 846 g/mol. The van der Waals surface area contributed by atoms with Crippen molar-refractivity contribution in [3.05, 3.63) is 48.0 Å². The minimum atomic E-state index is -3.46. The predicted molar refractivity (Wildman–Crippen MR) is 233 cm³/mol. The van der Waals surface area contributed by atoms with Gasteiger partial charge in [0.2, 0.25) is 21.9 Å². The Balaban J connectivity index is 0.000000213. The number of anilines is 2. The third-order valence-corrected chi connectivity index (χ3v) is 14.3. The Morgan fingerprint density at radius 2 is 1.19 bits per heavy atom. The van der Waals surface area contributed by atoms with Crippen molar-refractivity contribution >= 4 is 43.5 Å². The van der Waals surface area contributed by atoms with Gasteiger partial charge in [-0.1, -0.05) is 48.0 Å². The summed E-state index contributed by atoms with van der Waals surface area (Å²) in [6.07, 6.45) is 5.59. The number of hydrogen-bond acceptors (Lipinski definition) is 6. The van der Waals surface area contributed by atoms with Crippen LogP contribution in [0.25, 0.3) is 22.1 Å². The van der Waals surface area contributed by atoms with Gasteiger partial charge in [-0.3, -0.25) is 4.31 Å². The number of benzene rings is 2. The standard InChI is InChI=1S/C26H40F2N4O2S.C19H27F2N3/c1-25(2,3)24-29-22-18-21(30(4)35(33,34)17-16-31-14-6-5-7-15-31)8-9-23(22)32(24)19-20-10-12-26(27,28)13-11-20;1-18(2,3)17-23-15-11-14(22-4)5-6-16(15)24(17)12-13-7-9-19(20,21)10-8-13/h8-9,18,20H,5-7,10-17,19H2,1-4H3;5-6,11,13,22H,7-10,12H2,1-4H3. The van der Waals surface area contributed by atoms with E-state index in [1.807, 2.05) is 31.3 Å². The first-order chi connectivity index (χ1) is 27.5. The highest BCUT2D eigenvalue weighted by atomic mass is 32.2. The lowest BCUT2D eigenvalue weighted by molar-refractivity contribution is -0.0478. The SMILES string of the molecule is CN(c1ccc2c(c1)nc(C(C)(C)C)n2CC1CCC(F)(F)CC1)S(=O)(=O)CCN1CCCCC1.CNc1ccc2c(c1)nc(C(C)(C)C)n2CC1CCC(F)(F)CC1. The molecular formula is C45H67F4N7O2S. The third kappa shape index (κ3) is 11.1. The van der Waals surface area contributed by atoms with E-state index in [1.54, 1.807) is 7.05 Å². The predicted octanol–water partition coefficient (Wildman–Crippen LogP) is 10.6. The molecule has 1 aliphatic heterocycles. The summed E-state index contributed by atoms with van der Waals surface area (Å²) >= 11 is 0. The van der Waals surface area contributed by atoms with Crippen LogP contribution in [0.3, 0.4) is 0 Å². The fourth-order valence-corrected chi connectivity index (χ4v) is 10.1. The Bertz CT molecular complexity index is 2140. The van der Waals surface area contributed by atoms with Crippen molar-refractivity contribution in [3.63, 3.8) is 0 Å². The van der Waals surface area contributed by atoms with E-state index in [0.29, 0.717) is 50.4 Å². The summed E-state index contributed by atoms with van der Waals surface area (Å²) in [6.45, 7) is 16.7. The average Bonchev–Trinajstić information content (AvgIpc) is 3.74. The summed E-state index contributed by atoms with van der Waals surface area (Å²) in [5.41, 5.74) is 5.04. The van der Waals surface area contributed by atoms with Crippen LogP contribution in [-0.2, 0) is 33.9 Å². The number of fused-ring (bicyclic) bond motifs is 2. The van der Waals surface area contributed by atoms with Crippen molar-refractivity contribution in [2.24, 2.45) is 11.8 Å². The van der Waals surface area contributed by atoms with Crippen molar-refractivity contribution < 1.29 is 26.0 Å². The molecular weight excluding hydrogens is 779 g/mol. The van der Waals surface area contributed by atoms with E-state index in [4.69, 9.17) is 9.97 Å². The molecule has 2 aliphatic carbocycles. The maximum absolute atomic E-state index is 13.7. The van der Waals surface area contributed by atoms with E-state index in [1.165, 1.54) is 10.7 Å². The van der Waals surface area contributed by atoms with Crippen molar-refractivity contribution in [2.45, 2.75) is 148 Å². The number of nitrogens with zero attached hydrogens (tertiary/aromatic N) is 6. The number of aromatic nitrogens is 4. The van der Waals surface area contributed by atoms with E-state index in [-0.39, 0.29) is 48.2 Å². The van der Waals surface area contributed by atoms with Gasteiger partial charge in [0.25, 0.3) is 0 Å². The Labute approximate surface area is 349 Å².